The molecule has 54 heavy (non-hydrogen) atoms. The third-order valence-electron chi connectivity index (χ3n) is 11.7. The minimum atomic E-state index is -0.249. The Kier molecular flexibility index (Phi) is 6.45. The number of fused-ring (bicyclic) bond motifs is 12. The van der Waals surface area contributed by atoms with Crippen molar-refractivity contribution in [3.05, 3.63) is 187 Å². The molecule has 0 bridgehead atoms. The van der Waals surface area contributed by atoms with Crippen molar-refractivity contribution in [3.8, 4) is 11.1 Å². The predicted octanol–water partition coefficient (Wildman–Crippen LogP) is 15.6. The molecule has 12 rings (SSSR count). The zero-order valence-electron chi connectivity index (χ0n) is 29.3. The Bertz CT molecular complexity index is 3280. The maximum atomic E-state index is 2.46. The number of benzene rings is 8. The molecule has 0 aliphatic heterocycles. The van der Waals surface area contributed by atoms with Gasteiger partial charge in [0.25, 0.3) is 0 Å². The van der Waals surface area contributed by atoms with Gasteiger partial charge in [-0.2, -0.15) is 0 Å². The lowest BCUT2D eigenvalue weighted by Crippen LogP contribution is -2.22. The molecule has 0 amide bonds. The van der Waals surface area contributed by atoms with Crippen molar-refractivity contribution in [1.29, 1.82) is 0 Å². The van der Waals surface area contributed by atoms with Crippen LogP contribution in [-0.2, 0) is 5.41 Å². The van der Waals surface area contributed by atoms with Crippen LogP contribution < -0.4 is 4.90 Å². The molecule has 8 aromatic carbocycles. The van der Waals surface area contributed by atoms with Crippen molar-refractivity contribution >= 4 is 112 Å². The molecule has 0 fully saturated rings. The molecule has 0 saturated heterocycles. The number of thiophene rings is 3. The quantitative estimate of drug-likeness (QED) is 0.174. The van der Waals surface area contributed by atoms with Crippen molar-refractivity contribution in [1.82, 2.24) is 0 Å². The van der Waals surface area contributed by atoms with E-state index in [-0.39, 0.29) is 5.41 Å². The molecule has 3 aromatic heterocycles. The topological polar surface area (TPSA) is 3.24 Å². The van der Waals surface area contributed by atoms with Crippen LogP contribution in [0.15, 0.2) is 170 Å². The summed E-state index contributed by atoms with van der Waals surface area (Å²) >= 11 is 5.68. The average Bonchev–Trinajstić information content (AvgIpc) is 3.96. The van der Waals surface area contributed by atoms with Crippen LogP contribution in [0.3, 0.4) is 0 Å². The average molecular weight is 742 g/mol. The van der Waals surface area contributed by atoms with Gasteiger partial charge in [0.1, 0.15) is 0 Å². The van der Waals surface area contributed by atoms with Crippen LogP contribution in [0, 0.1) is 0 Å². The largest absolute Gasteiger partial charge is 0.310 e. The lowest BCUT2D eigenvalue weighted by Gasteiger charge is -2.28. The number of hydrogen-bond donors (Lipinski definition) is 0. The lowest BCUT2D eigenvalue weighted by atomic mass is 9.74. The number of rotatable bonds is 4. The Morgan fingerprint density at radius 2 is 0.815 bits per heavy atom. The van der Waals surface area contributed by atoms with Gasteiger partial charge in [-0.3, -0.25) is 0 Å². The van der Waals surface area contributed by atoms with Crippen molar-refractivity contribution in [2.45, 2.75) is 12.3 Å². The molecular formula is C50H31NS3. The highest BCUT2D eigenvalue weighted by Crippen LogP contribution is 2.55. The SMILES string of the molecule is CC1(c2cccc3c2sc2cc(N(c4ccc5c(c4)sc4ccccc45)c4ccc5sc6ccccc6c5c4)ccc23)c2ccccc2-c2ccccc21. The molecule has 0 unspecified atom stereocenters. The summed E-state index contributed by atoms with van der Waals surface area (Å²) in [5.74, 6) is 0. The van der Waals surface area contributed by atoms with Crippen LogP contribution in [0.2, 0.25) is 0 Å². The van der Waals surface area contributed by atoms with E-state index >= 15 is 0 Å². The first-order valence-corrected chi connectivity index (χ1v) is 20.9. The van der Waals surface area contributed by atoms with Crippen LogP contribution in [0.5, 0.6) is 0 Å². The van der Waals surface area contributed by atoms with Gasteiger partial charge in [-0.15, -0.1) is 34.0 Å². The molecule has 1 aliphatic carbocycles. The van der Waals surface area contributed by atoms with E-state index < -0.39 is 0 Å². The van der Waals surface area contributed by atoms with E-state index in [1.165, 1.54) is 99.7 Å². The summed E-state index contributed by atoms with van der Waals surface area (Å²) in [6.45, 7) is 2.43. The molecule has 0 N–H and O–H groups in total. The summed E-state index contributed by atoms with van der Waals surface area (Å²) in [6, 6.07) is 63.6. The minimum absolute atomic E-state index is 0.249. The zero-order chi connectivity index (χ0) is 35.5. The van der Waals surface area contributed by atoms with Gasteiger partial charge in [-0.1, -0.05) is 115 Å². The fourth-order valence-corrected chi connectivity index (χ4v) is 12.8. The standard InChI is InChI=1S/C50H31NS3/c1-50(41-16-6-2-11-33(41)34-12-3-7-17-42(34)50)43-18-10-15-39-38-25-22-32(29-48(38)54-49(39)43)51(30-23-26-46-40(27-30)36-14-5-9-20-45(36)52-46)31-21-24-37-35-13-4-8-19-44(35)53-47(37)28-31/h2-29H,1H3. The summed E-state index contributed by atoms with van der Waals surface area (Å²) in [5, 5.41) is 7.89. The first-order chi connectivity index (χ1) is 26.6. The maximum absolute atomic E-state index is 2.46. The summed E-state index contributed by atoms with van der Waals surface area (Å²) in [5.41, 5.74) is 10.1. The van der Waals surface area contributed by atoms with Gasteiger partial charge in [0.2, 0.25) is 0 Å². The third kappa shape index (κ3) is 4.24. The predicted molar refractivity (Wildman–Crippen MR) is 237 cm³/mol. The normalized spacial score (nSPS) is 13.4. The van der Waals surface area contributed by atoms with E-state index in [1.807, 2.05) is 34.0 Å². The fraction of sp³-hybridized carbons (Fsp3) is 0.0400. The number of hydrogen-bond acceptors (Lipinski definition) is 4. The molecule has 1 nitrogen and oxygen atoms in total. The fourth-order valence-electron chi connectivity index (χ4n) is 9.22. The first-order valence-electron chi connectivity index (χ1n) is 18.4. The molecule has 0 saturated carbocycles. The molecule has 0 spiro atoms. The van der Waals surface area contributed by atoms with Crippen LogP contribution >= 0.6 is 34.0 Å². The van der Waals surface area contributed by atoms with Gasteiger partial charge in [-0.05, 0) is 89.3 Å². The monoisotopic (exact) mass is 741 g/mol. The van der Waals surface area contributed by atoms with E-state index in [9.17, 15) is 0 Å². The van der Waals surface area contributed by atoms with Crippen LogP contribution in [-0.4, -0.2) is 0 Å². The highest BCUT2D eigenvalue weighted by molar-refractivity contribution is 7.26. The molecule has 1 aliphatic rings. The summed E-state index contributed by atoms with van der Waals surface area (Å²) in [7, 11) is 0. The van der Waals surface area contributed by atoms with Crippen LogP contribution in [0.1, 0.15) is 23.6 Å². The molecule has 4 heteroatoms. The summed E-state index contributed by atoms with van der Waals surface area (Å²) < 4.78 is 7.93. The number of nitrogens with zero attached hydrogens (tertiary/aromatic N) is 1. The van der Waals surface area contributed by atoms with Gasteiger partial charge in [0.15, 0.2) is 0 Å². The molecule has 11 aromatic rings. The van der Waals surface area contributed by atoms with Crippen LogP contribution in [0.4, 0.5) is 17.1 Å². The maximum Gasteiger partial charge on any atom is 0.0476 e. The van der Waals surface area contributed by atoms with Gasteiger partial charge in [0, 0.05) is 83.0 Å². The van der Waals surface area contributed by atoms with E-state index in [2.05, 4.69) is 182 Å². The van der Waals surface area contributed by atoms with Crippen molar-refractivity contribution in [2.75, 3.05) is 4.90 Å². The second-order valence-electron chi connectivity index (χ2n) is 14.6. The highest BCUT2D eigenvalue weighted by Gasteiger charge is 2.41. The van der Waals surface area contributed by atoms with Gasteiger partial charge in [-0.25, -0.2) is 0 Å². The Morgan fingerprint density at radius 3 is 1.52 bits per heavy atom. The van der Waals surface area contributed by atoms with Gasteiger partial charge < -0.3 is 4.90 Å². The van der Waals surface area contributed by atoms with Crippen molar-refractivity contribution in [2.24, 2.45) is 0 Å². The lowest BCUT2D eigenvalue weighted by molar-refractivity contribution is 0.722. The smallest absolute Gasteiger partial charge is 0.0476 e. The van der Waals surface area contributed by atoms with E-state index in [0.29, 0.717) is 0 Å². The molecular weight excluding hydrogens is 711 g/mol. The van der Waals surface area contributed by atoms with Gasteiger partial charge in [0.05, 0.1) is 0 Å². The van der Waals surface area contributed by atoms with E-state index in [1.54, 1.807) is 0 Å². The molecule has 3 heterocycles. The summed E-state index contributed by atoms with van der Waals surface area (Å²) in [6.07, 6.45) is 0. The van der Waals surface area contributed by atoms with Crippen molar-refractivity contribution < 1.29 is 0 Å². The Hall–Kier alpha value is -5.78. The molecule has 254 valence electrons. The highest BCUT2D eigenvalue weighted by atomic mass is 32.1. The number of anilines is 3. The molecule has 0 radical (unpaired) electrons. The Balaban J connectivity index is 1.07. The molecule has 0 atom stereocenters. The van der Waals surface area contributed by atoms with E-state index in [0.717, 1.165) is 5.69 Å². The first kappa shape index (κ1) is 30.7. The van der Waals surface area contributed by atoms with Crippen LogP contribution in [0.25, 0.3) is 71.6 Å². The minimum Gasteiger partial charge on any atom is -0.310 e. The second kappa shape index (κ2) is 11.4. The van der Waals surface area contributed by atoms with Gasteiger partial charge >= 0.3 is 0 Å². The Labute approximate surface area is 324 Å². The van der Waals surface area contributed by atoms with E-state index in [4.69, 9.17) is 0 Å². The Morgan fingerprint density at radius 1 is 0.352 bits per heavy atom. The summed E-state index contributed by atoms with van der Waals surface area (Å²) in [4.78, 5) is 2.46. The third-order valence-corrected chi connectivity index (χ3v) is 15.2. The second-order valence-corrected chi connectivity index (χ2v) is 17.8. The zero-order valence-corrected chi connectivity index (χ0v) is 31.8. The van der Waals surface area contributed by atoms with Crippen molar-refractivity contribution in [3.63, 3.8) is 0 Å².